The third kappa shape index (κ3) is 4.24. The van der Waals surface area contributed by atoms with Crippen LogP contribution >= 0.6 is 23.2 Å². The van der Waals surface area contributed by atoms with E-state index in [9.17, 15) is 9.59 Å². The number of piperazine rings is 1. The van der Waals surface area contributed by atoms with Gasteiger partial charge in [0.1, 0.15) is 11.8 Å². The van der Waals surface area contributed by atoms with Gasteiger partial charge < -0.3 is 15.0 Å². The Morgan fingerprint density at radius 1 is 1.08 bits per heavy atom. The van der Waals surface area contributed by atoms with Gasteiger partial charge in [-0.2, -0.15) is 0 Å². The summed E-state index contributed by atoms with van der Waals surface area (Å²) < 4.78 is 5.51. The maximum Gasteiger partial charge on any atom is 0.261 e. The Morgan fingerprint density at radius 2 is 1.68 bits per heavy atom. The summed E-state index contributed by atoms with van der Waals surface area (Å²) in [7, 11) is 0. The molecule has 0 aliphatic carbocycles. The highest BCUT2D eigenvalue weighted by Crippen LogP contribution is 2.25. The highest BCUT2D eigenvalue weighted by Gasteiger charge is 2.34. The van der Waals surface area contributed by atoms with Gasteiger partial charge >= 0.3 is 0 Å². The number of ether oxygens (including phenoxy) is 1. The van der Waals surface area contributed by atoms with Crippen LogP contribution in [0.1, 0.15) is 11.6 Å². The van der Waals surface area contributed by atoms with Gasteiger partial charge in [0.05, 0.1) is 0 Å². The molecule has 0 radical (unpaired) electrons. The fourth-order valence-corrected chi connectivity index (χ4v) is 2.92. The van der Waals surface area contributed by atoms with E-state index < -0.39 is 6.04 Å². The highest BCUT2D eigenvalue weighted by atomic mass is 35.5. The topological polar surface area (TPSA) is 58.6 Å². The second kappa shape index (κ2) is 7.76. The molecule has 2 amide bonds. The lowest BCUT2D eigenvalue weighted by molar-refractivity contribution is -0.145. The van der Waals surface area contributed by atoms with Gasteiger partial charge in [-0.05, 0) is 42.0 Å². The van der Waals surface area contributed by atoms with Crippen LogP contribution < -0.4 is 10.1 Å². The van der Waals surface area contributed by atoms with Crippen LogP contribution in [0.4, 0.5) is 0 Å². The minimum absolute atomic E-state index is 0.154. The van der Waals surface area contributed by atoms with Crippen molar-refractivity contribution in [2.24, 2.45) is 0 Å². The Balaban J connectivity index is 1.73. The minimum Gasteiger partial charge on any atom is -0.484 e. The van der Waals surface area contributed by atoms with E-state index in [-0.39, 0.29) is 18.4 Å². The van der Waals surface area contributed by atoms with E-state index in [0.717, 1.165) is 0 Å². The third-order valence-corrected chi connectivity index (χ3v) is 4.40. The average molecular weight is 379 g/mol. The molecule has 1 aliphatic rings. The van der Waals surface area contributed by atoms with Crippen molar-refractivity contribution in [3.63, 3.8) is 0 Å². The molecule has 1 aliphatic heterocycles. The Labute approximate surface area is 155 Å². The zero-order valence-corrected chi connectivity index (χ0v) is 14.8. The Bertz CT molecular complexity index is 763. The van der Waals surface area contributed by atoms with Crippen molar-refractivity contribution in [2.75, 3.05) is 19.7 Å². The van der Waals surface area contributed by atoms with E-state index in [4.69, 9.17) is 27.9 Å². The Hall–Kier alpha value is -2.24. The van der Waals surface area contributed by atoms with Crippen LogP contribution in [0.5, 0.6) is 5.75 Å². The van der Waals surface area contributed by atoms with Gasteiger partial charge in [0.25, 0.3) is 5.91 Å². The monoisotopic (exact) mass is 378 g/mol. The van der Waals surface area contributed by atoms with Crippen LogP contribution in [0.2, 0.25) is 10.0 Å². The molecule has 1 saturated heterocycles. The summed E-state index contributed by atoms with van der Waals surface area (Å²) in [5, 5.41) is 3.95. The molecule has 1 N–H and O–H groups in total. The molecule has 1 fully saturated rings. The first-order valence-electron chi connectivity index (χ1n) is 7.75. The number of rotatable bonds is 4. The number of hydrogen-bond acceptors (Lipinski definition) is 3. The summed E-state index contributed by atoms with van der Waals surface area (Å²) in [6.45, 7) is 0.677. The van der Waals surface area contributed by atoms with Gasteiger partial charge in [-0.3, -0.25) is 9.59 Å². The Morgan fingerprint density at radius 3 is 2.32 bits per heavy atom. The lowest BCUT2D eigenvalue weighted by Crippen LogP contribution is -2.53. The molecule has 1 atom stereocenters. The predicted molar refractivity (Wildman–Crippen MR) is 95.9 cm³/mol. The van der Waals surface area contributed by atoms with Gasteiger partial charge in [-0.15, -0.1) is 0 Å². The normalized spacial score (nSPS) is 17.1. The number of hydrogen-bond donors (Lipinski definition) is 1. The number of nitrogens with zero attached hydrogens (tertiary/aromatic N) is 1. The number of benzene rings is 2. The SMILES string of the molecule is O=C1NCCN(C(=O)COc2ccc(Cl)cc2)C1c1ccc(Cl)cc1. The van der Waals surface area contributed by atoms with Gasteiger partial charge in [0.2, 0.25) is 5.91 Å². The van der Waals surface area contributed by atoms with E-state index in [0.29, 0.717) is 34.4 Å². The van der Waals surface area contributed by atoms with Crippen molar-refractivity contribution in [3.8, 4) is 5.75 Å². The number of halogens is 2. The molecule has 0 spiro atoms. The van der Waals surface area contributed by atoms with E-state index in [1.807, 2.05) is 0 Å². The lowest BCUT2D eigenvalue weighted by atomic mass is 10.0. The van der Waals surface area contributed by atoms with Crippen LogP contribution in [-0.2, 0) is 9.59 Å². The fourth-order valence-electron chi connectivity index (χ4n) is 2.67. The number of nitrogens with one attached hydrogen (secondary N) is 1. The first-order valence-corrected chi connectivity index (χ1v) is 8.51. The van der Waals surface area contributed by atoms with Gasteiger partial charge in [0, 0.05) is 23.1 Å². The highest BCUT2D eigenvalue weighted by molar-refractivity contribution is 6.30. The molecule has 5 nitrogen and oxygen atoms in total. The van der Waals surface area contributed by atoms with Crippen molar-refractivity contribution in [1.82, 2.24) is 10.2 Å². The van der Waals surface area contributed by atoms with Crippen LogP contribution in [0.3, 0.4) is 0 Å². The zero-order chi connectivity index (χ0) is 17.8. The molecule has 0 aromatic heterocycles. The molecule has 25 heavy (non-hydrogen) atoms. The first kappa shape index (κ1) is 17.6. The van der Waals surface area contributed by atoms with E-state index in [1.165, 1.54) is 4.90 Å². The maximum atomic E-state index is 12.6. The van der Waals surface area contributed by atoms with Crippen LogP contribution in [-0.4, -0.2) is 36.4 Å². The molecular formula is C18H16Cl2N2O3. The van der Waals surface area contributed by atoms with Crippen molar-refractivity contribution < 1.29 is 14.3 Å². The molecule has 3 rings (SSSR count). The van der Waals surface area contributed by atoms with E-state index in [1.54, 1.807) is 48.5 Å². The summed E-state index contributed by atoms with van der Waals surface area (Å²) in [6, 6.07) is 13.0. The van der Waals surface area contributed by atoms with E-state index in [2.05, 4.69) is 5.32 Å². The third-order valence-electron chi connectivity index (χ3n) is 3.89. The predicted octanol–water partition coefficient (Wildman–Crippen LogP) is 3.07. The molecule has 7 heteroatoms. The first-order chi connectivity index (χ1) is 12.0. The van der Waals surface area contributed by atoms with Crippen LogP contribution in [0.25, 0.3) is 0 Å². The molecule has 1 heterocycles. The van der Waals surface area contributed by atoms with Gasteiger partial charge in [-0.1, -0.05) is 35.3 Å². The number of carbonyl (C=O) groups excluding carboxylic acids is 2. The minimum atomic E-state index is -0.688. The van der Waals surface area contributed by atoms with Gasteiger partial charge in [0.15, 0.2) is 6.61 Å². The quantitative estimate of drug-likeness (QED) is 0.889. The summed E-state index contributed by atoms with van der Waals surface area (Å²) in [4.78, 5) is 26.4. The summed E-state index contributed by atoms with van der Waals surface area (Å²) in [5.74, 6) is 0.0698. The molecule has 0 bridgehead atoms. The molecule has 2 aromatic carbocycles. The second-order valence-electron chi connectivity index (χ2n) is 5.57. The van der Waals surface area contributed by atoms with Crippen LogP contribution in [0.15, 0.2) is 48.5 Å². The molecule has 130 valence electrons. The zero-order valence-electron chi connectivity index (χ0n) is 13.2. The Kier molecular flexibility index (Phi) is 5.46. The van der Waals surface area contributed by atoms with Crippen molar-refractivity contribution in [2.45, 2.75) is 6.04 Å². The average Bonchev–Trinajstić information content (AvgIpc) is 2.62. The molecule has 0 saturated carbocycles. The number of carbonyl (C=O) groups is 2. The van der Waals surface area contributed by atoms with Crippen molar-refractivity contribution in [3.05, 3.63) is 64.1 Å². The largest absolute Gasteiger partial charge is 0.484 e. The van der Waals surface area contributed by atoms with Crippen LogP contribution in [0, 0.1) is 0 Å². The van der Waals surface area contributed by atoms with Crippen molar-refractivity contribution in [1.29, 1.82) is 0 Å². The summed E-state index contributed by atoms with van der Waals surface area (Å²) in [5.41, 5.74) is 0.710. The standard InChI is InChI=1S/C18H16Cl2N2O3/c19-13-3-1-12(2-4-13)17-18(24)21-9-10-22(17)16(23)11-25-15-7-5-14(20)6-8-15/h1-8,17H,9-11H2,(H,21,24). The summed E-state index contributed by atoms with van der Waals surface area (Å²) in [6.07, 6.45) is 0. The second-order valence-corrected chi connectivity index (χ2v) is 6.45. The molecular weight excluding hydrogens is 363 g/mol. The summed E-state index contributed by atoms with van der Waals surface area (Å²) >= 11 is 11.7. The number of amides is 2. The molecule has 1 unspecified atom stereocenters. The maximum absolute atomic E-state index is 12.6. The lowest BCUT2D eigenvalue weighted by Gasteiger charge is -2.35. The van der Waals surface area contributed by atoms with Crippen molar-refractivity contribution >= 4 is 35.0 Å². The smallest absolute Gasteiger partial charge is 0.261 e. The van der Waals surface area contributed by atoms with E-state index >= 15 is 0 Å². The van der Waals surface area contributed by atoms with Gasteiger partial charge in [-0.25, -0.2) is 0 Å². The molecule has 2 aromatic rings. The fraction of sp³-hybridized carbons (Fsp3) is 0.222.